The summed E-state index contributed by atoms with van der Waals surface area (Å²) in [4.78, 5) is 0. The lowest BCUT2D eigenvalue weighted by Gasteiger charge is -2.26. The summed E-state index contributed by atoms with van der Waals surface area (Å²) in [6.45, 7) is 1.62. The molecule has 0 aliphatic carbocycles. The first-order chi connectivity index (χ1) is 8.08. The topological polar surface area (TPSA) is 84.7 Å². The fourth-order valence-corrected chi connectivity index (χ4v) is 2.74. The second-order valence-electron chi connectivity index (χ2n) is 3.74. The Hall–Kier alpha value is -1.31. The highest BCUT2D eigenvalue weighted by Crippen LogP contribution is 2.14. The number of rotatable bonds is 3. The van der Waals surface area contributed by atoms with Crippen LogP contribution in [-0.2, 0) is 14.9 Å². The molecule has 0 saturated carbocycles. The van der Waals surface area contributed by atoms with Crippen molar-refractivity contribution in [1.29, 1.82) is 0 Å². The van der Waals surface area contributed by atoms with Gasteiger partial charge >= 0.3 is 10.2 Å². The number of nitrogens with one attached hydrogen (secondary N) is 1. The van der Waals surface area contributed by atoms with Gasteiger partial charge in [-0.2, -0.15) is 12.7 Å². The summed E-state index contributed by atoms with van der Waals surface area (Å²) in [5, 5.41) is 0. The lowest BCUT2D eigenvalue weighted by atomic mass is 10.3. The van der Waals surface area contributed by atoms with Crippen LogP contribution in [0.15, 0.2) is 24.3 Å². The van der Waals surface area contributed by atoms with Gasteiger partial charge in [-0.1, -0.05) is 0 Å². The molecule has 0 amide bonds. The van der Waals surface area contributed by atoms with E-state index in [0.717, 1.165) is 0 Å². The SMILES string of the molecule is Nc1ccc(NS(=O)(=O)N2CCOCC2)cc1. The van der Waals surface area contributed by atoms with Crippen molar-refractivity contribution in [3.8, 4) is 0 Å². The number of ether oxygens (including phenoxy) is 1. The van der Waals surface area contributed by atoms with Crippen LogP contribution in [0.1, 0.15) is 0 Å². The molecular weight excluding hydrogens is 242 g/mol. The molecule has 0 radical (unpaired) electrons. The Morgan fingerprint density at radius 2 is 1.76 bits per heavy atom. The molecule has 0 unspecified atom stereocenters. The number of benzene rings is 1. The number of morpholine rings is 1. The highest BCUT2D eigenvalue weighted by atomic mass is 32.2. The zero-order valence-electron chi connectivity index (χ0n) is 9.30. The molecule has 0 bridgehead atoms. The van der Waals surface area contributed by atoms with Crippen LogP contribution in [0.2, 0.25) is 0 Å². The van der Waals surface area contributed by atoms with Crippen molar-refractivity contribution in [2.75, 3.05) is 36.8 Å². The molecule has 1 aromatic rings. The van der Waals surface area contributed by atoms with Gasteiger partial charge in [-0.25, -0.2) is 0 Å². The van der Waals surface area contributed by atoms with E-state index in [2.05, 4.69) is 4.72 Å². The van der Waals surface area contributed by atoms with Crippen LogP contribution in [0.5, 0.6) is 0 Å². The maximum atomic E-state index is 12.0. The maximum Gasteiger partial charge on any atom is 0.301 e. The average molecular weight is 257 g/mol. The highest BCUT2D eigenvalue weighted by Gasteiger charge is 2.23. The number of hydrogen-bond acceptors (Lipinski definition) is 4. The van der Waals surface area contributed by atoms with Crippen LogP contribution in [0, 0.1) is 0 Å². The maximum absolute atomic E-state index is 12.0. The first-order valence-electron chi connectivity index (χ1n) is 5.29. The van der Waals surface area contributed by atoms with E-state index in [1.165, 1.54) is 4.31 Å². The Kier molecular flexibility index (Phi) is 3.51. The van der Waals surface area contributed by atoms with Crippen molar-refractivity contribution < 1.29 is 13.2 Å². The monoisotopic (exact) mass is 257 g/mol. The Morgan fingerprint density at radius 1 is 1.18 bits per heavy atom. The molecule has 1 aliphatic rings. The summed E-state index contributed by atoms with van der Waals surface area (Å²) in [5.41, 5.74) is 6.63. The largest absolute Gasteiger partial charge is 0.399 e. The van der Waals surface area contributed by atoms with Gasteiger partial charge in [-0.15, -0.1) is 0 Å². The van der Waals surface area contributed by atoms with Crippen LogP contribution in [0.25, 0.3) is 0 Å². The van der Waals surface area contributed by atoms with Gasteiger partial charge < -0.3 is 10.5 Å². The van der Waals surface area contributed by atoms with Crippen LogP contribution in [-0.4, -0.2) is 39.0 Å². The van der Waals surface area contributed by atoms with E-state index in [1.807, 2.05) is 0 Å². The third kappa shape index (κ3) is 3.09. The van der Waals surface area contributed by atoms with E-state index >= 15 is 0 Å². The van der Waals surface area contributed by atoms with Crippen LogP contribution < -0.4 is 10.5 Å². The minimum absolute atomic E-state index is 0.379. The van der Waals surface area contributed by atoms with Crippen LogP contribution in [0.3, 0.4) is 0 Å². The molecule has 6 nitrogen and oxygen atoms in total. The average Bonchev–Trinajstić information content (AvgIpc) is 2.33. The number of nitrogens with two attached hydrogens (primary N) is 1. The van der Waals surface area contributed by atoms with Gasteiger partial charge in [0.05, 0.1) is 13.2 Å². The predicted molar refractivity (Wildman–Crippen MR) is 65.8 cm³/mol. The molecule has 1 heterocycles. The van der Waals surface area contributed by atoms with Gasteiger partial charge in [0.15, 0.2) is 0 Å². The van der Waals surface area contributed by atoms with Gasteiger partial charge in [0.25, 0.3) is 0 Å². The summed E-state index contributed by atoms with van der Waals surface area (Å²) in [7, 11) is -3.49. The fraction of sp³-hybridized carbons (Fsp3) is 0.400. The molecule has 94 valence electrons. The molecule has 1 aromatic carbocycles. The quantitative estimate of drug-likeness (QED) is 0.761. The van der Waals surface area contributed by atoms with E-state index in [9.17, 15) is 8.42 Å². The smallest absolute Gasteiger partial charge is 0.301 e. The van der Waals surface area contributed by atoms with Gasteiger partial charge in [0.1, 0.15) is 0 Å². The van der Waals surface area contributed by atoms with Gasteiger partial charge in [-0.05, 0) is 24.3 Å². The standard InChI is InChI=1S/C10H15N3O3S/c11-9-1-3-10(4-2-9)12-17(14,15)13-5-7-16-8-6-13/h1-4,12H,5-8,11H2. The normalized spacial score (nSPS) is 17.9. The molecule has 2 rings (SSSR count). The first-order valence-corrected chi connectivity index (χ1v) is 6.73. The van der Waals surface area contributed by atoms with Crippen molar-refractivity contribution in [3.63, 3.8) is 0 Å². The van der Waals surface area contributed by atoms with Gasteiger partial charge in [0, 0.05) is 24.5 Å². The van der Waals surface area contributed by atoms with Crippen molar-refractivity contribution in [1.82, 2.24) is 4.31 Å². The Bertz CT molecular complexity index is 466. The molecule has 3 N–H and O–H groups in total. The number of nitrogen functional groups attached to an aromatic ring is 1. The lowest BCUT2D eigenvalue weighted by molar-refractivity contribution is 0.0733. The molecule has 7 heteroatoms. The Balaban J connectivity index is 2.08. The van der Waals surface area contributed by atoms with E-state index in [0.29, 0.717) is 37.7 Å². The summed E-state index contributed by atoms with van der Waals surface area (Å²) >= 11 is 0. The van der Waals surface area contributed by atoms with Crippen molar-refractivity contribution in [2.24, 2.45) is 0 Å². The molecular formula is C10H15N3O3S. The summed E-state index contributed by atoms with van der Waals surface area (Å²) in [6.07, 6.45) is 0. The van der Waals surface area contributed by atoms with Crippen molar-refractivity contribution >= 4 is 21.6 Å². The molecule has 0 aromatic heterocycles. The number of hydrogen-bond donors (Lipinski definition) is 2. The Morgan fingerprint density at radius 3 is 2.35 bits per heavy atom. The first kappa shape index (κ1) is 12.2. The third-order valence-electron chi connectivity index (χ3n) is 2.47. The minimum Gasteiger partial charge on any atom is -0.399 e. The zero-order valence-corrected chi connectivity index (χ0v) is 10.1. The lowest BCUT2D eigenvalue weighted by Crippen LogP contribution is -2.43. The second kappa shape index (κ2) is 4.91. The molecule has 1 fully saturated rings. The van der Waals surface area contributed by atoms with Gasteiger partial charge in [-0.3, -0.25) is 4.72 Å². The van der Waals surface area contributed by atoms with E-state index in [4.69, 9.17) is 10.5 Å². The van der Waals surface area contributed by atoms with E-state index in [-0.39, 0.29) is 0 Å². The summed E-state index contributed by atoms with van der Waals surface area (Å²) in [6, 6.07) is 6.56. The summed E-state index contributed by atoms with van der Waals surface area (Å²) < 4.78 is 32.9. The zero-order chi connectivity index (χ0) is 12.3. The fourth-order valence-electron chi connectivity index (χ4n) is 1.55. The van der Waals surface area contributed by atoms with Crippen LogP contribution in [0.4, 0.5) is 11.4 Å². The number of nitrogens with zero attached hydrogens (tertiary/aromatic N) is 1. The van der Waals surface area contributed by atoms with Crippen molar-refractivity contribution in [3.05, 3.63) is 24.3 Å². The minimum atomic E-state index is -3.49. The predicted octanol–water partition coefficient (Wildman–Crippen LogP) is 0.258. The molecule has 0 atom stereocenters. The van der Waals surface area contributed by atoms with Gasteiger partial charge in [0.2, 0.25) is 0 Å². The van der Waals surface area contributed by atoms with Crippen LogP contribution >= 0.6 is 0 Å². The second-order valence-corrected chi connectivity index (χ2v) is 5.41. The summed E-state index contributed by atoms with van der Waals surface area (Å²) in [5.74, 6) is 0. The molecule has 17 heavy (non-hydrogen) atoms. The highest BCUT2D eigenvalue weighted by molar-refractivity contribution is 7.90. The molecule has 1 saturated heterocycles. The molecule has 0 spiro atoms. The molecule has 1 aliphatic heterocycles. The van der Waals surface area contributed by atoms with E-state index < -0.39 is 10.2 Å². The third-order valence-corrected chi connectivity index (χ3v) is 4.01. The number of anilines is 2. The Labute approximate surface area is 101 Å². The van der Waals surface area contributed by atoms with E-state index in [1.54, 1.807) is 24.3 Å². The van der Waals surface area contributed by atoms with Crippen molar-refractivity contribution in [2.45, 2.75) is 0 Å².